The zero-order chi connectivity index (χ0) is 32.1. The van der Waals surface area contributed by atoms with Gasteiger partial charge in [-0.25, -0.2) is 0 Å². The minimum atomic E-state index is 0.938. The number of hydrogen-bond donors (Lipinski definition) is 0. The molecule has 0 saturated heterocycles. The maximum atomic E-state index is 6.42. The molecule has 7 aromatic carbocycles. The first-order chi connectivity index (χ1) is 23.5. The number of para-hydroxylation sites is 1. The van der Waals surface area contributed by atoms with Crippen LogP contribution in [-0.2, 0) is 0 Å². The van der Waals surface area contributed by atoms with Crippen molar-refractivity contribution in [3.63, 3.8) is 0 Å². The van der Waals surface area contributed by atoms with Crippen molar-refractivity contribution in [1.82, 2.24) is 0 Å². The van der Waals surface area contributed by atoms with Crippen LogP contribution in [0.3, 0.4) is 0 Å². The lowest BCUT2D eigenvalue weighted by Crippen LogP contribution is -1.88. The number of hydrogen-bond acceptors (Lipinski definition) is 3. The van der Waals surface area contributed by atoms with Gasteiger partial charge in [0.15, 0.2) is 0 Å². The summed E-state index contributed by atoms with van der Waals surface area (Å²) in [5.41, 5.74) is 13.3. The number of thiophene rings is 2. The van der Waals surface area contributed by atoms with Crippen molar-refractivity contribution in [2.24, 2.45) is 0 Å². The molecule has 0 N–H and O–H groups in total. The Morgan fingerprint density at radius 2 is 1.12 bits per heavy atom. The zero-order valence-corrected chi connectivity index (χ0v) is 28.5. The molecule has 0 amide bonds. The highest BCUT2D eigenvalue weighted by Gasteiger charge is 2.20. The van der Waals surface area contributed by atoms with E-state index in [-0.39, 0.29) is 0 Å². The maximum absolute atomic E-state index is 6.42. The van der Waals surface area contributed by atoms with Crippen LogP contribution in [0, 0.1) is 20.8 Å². The van der Waals surface area contributed by atoms with Gasteiger partial charge in [-0.3, -0.25) is 0 Å². The van der Waals surface area contributed by atoms with E-state index in [0.717, 1.165) is 16.7 Å². The highest BCUT2D eigenvalue weighted by atomic mass is 32.1. The summed E-state index contributed by atoms with van der Waals surface area (Å²) in [5, 5.41) is 7.71. The molecule has 10 rings (SSSR count). The molecule has 0 bridgehead atoms. The van der Waals surface area contributed by atoms with Gasteiger partial charge in [-0.05, 0) is 95.6 Å². The van der Waals surface area contributed by atoms with Crippen molar-refractivity contribution in [1.29, 1.82) is 0 Å². The van der Waals surface area contributed by atoms with Crippen molar-refractivity contribution in [3.05, 3.63) is 144 Å². The highest BCUT2D eigenvalue weighted by molar-refractivity contribution is 7.26. The second-order valence-corrected chi connectivity index (χ2v) is 15.1. The summed E-state index contributed by atoms with van der Waals surface area (Å²) in [6.07, 6.45) is 0. The number of aryl methyl sites for hydroxylation is 3. The molecule has 0 aliphatic rings. The summed E-state index contributed by atoms with van der Waals surface area (Å²) in [6.45, 7) is 6.63. The summed E-state index contributed by atoms with van der Waals surface area (Å²) in [7, 11) is 0. The van der Waals surface area contributed by atoms with E-state index < -0.39 is 0 Å². The van der Waals surface area contributed by atoms with Crippen LogP contribution in [0.4, 0.5) is 0 Å². The summed E-state index contributed by atoms with van der Waals surface area (Å²) >= 11 is 3.79. The van der Waals surface area contributed by atoms with E-state index in [9.17, 15) is 0 Å². The highest BCUT2D eigenvalue weighted by Crippen LogP contribution is 2.48. The Labute approximate surface area is 286 Å². The van der Waals surface area contributed by atoms with Gasteiger partial charge in [-0.1, -0.05) is 97.1 Å². The van der Waals surface area contributed by atoms with E-state index in [2.05, 4.69) is 148 Å². The standard InChI is InChI=1S/C45H30OS2/c1-25-22-36(33-20-18-26(2)43-42(33)35-11-4-6-15-38(35)46-43)45-37(23-25)41-32(13-9-17-40(41)48-45)29-21-19-28(24-27(29)3)30-12-8-14-34-31-10-5-7-16-39(31)47-44(30)34/h4-24H,1-3H3. The van der Waals surface area contributed by atoms with Crippen LogP contribution in [0.5, 0.6) is 0 Å². The first kappa shape index (κ1) is 27.9. The van der Waals surface area contributed by atoms with Gasteiger partial charge in [0, 0.05) is 56.7 Å². The molecule has 0 fully saturated rings. The van der Waals surface area contributed by atoms with E-state index in [1.165, 1.54) is 95.6 Å². The lowest BCUT2D eigenvalue weighted by Gasteiger charge is -2.12. The molecular formula is C45H30OS2. The van der Waals surface area contributed by atoms with Crippen LogP contribution < -0.4 is 0 Å². The predicted octanol–water partition coefficient (Wildman–Crippen LogP) is 14.2. The quantitative estimate of drug-likeness (QED) is 0.185. The molecule has 0 aliphatic heterocycles. The molecule has 10 aromatic rings. The molecule has 0 aliphatic carbocycles. The fourth-order valence-corrected chi connectivity index (χ4v) is 10.3. The Hall–Kier alpha value is -5.22. The van der Waals surface area contributed by atoms with E-state index in [0.29, 0.717) is 0 Å². The molecule has 0 unspecified atom stereocenters. The molecule has 0 radical (unpaired) electrons. The Bertz CT molecular complexity index is 2930. The molecule has 48 heavy (non-hydrogen) atoms. The largest absolute Gasteiger partial charge is 0.456 e. The summed E-state index contributed by atoms with van der Waals surface area (Å²) in [6, 6.07) is 47.0. The average molecular weight is 651 g/mol. The molecule has 3 heteroatoms. The van der Waals surface area contributed by atoms with Crippen molar-refractivity contribution >= 4 is 85.0 Å². The van der Waals surface area contributed by atoms with Gasteiger partial charge in [0.25, 0.3) is 0 Å². The minimum Gasteiger partial charge on any atom is -0.456 e. The zero-order valence-electron chi connectivity index (χ0n) is 26.8. The summed E-state index contributed by atoms with van der Waals surface area (Å²) in [5.74, 6) is 0. The topological polar surface area (TPSA) is 13.1 Å². The van der Waals surface area contributed by atoms with Crippen molar-refractivity contribution in [3.8, 4) is 33.4 Å². The number of rotatable bonds is 3. The normalized spacial score (nSPS) is 12.1. The molecule has 0 spiro atoms. The van der Waals surface area contributed by atoms with Crippen molar-refractivity contribution in [2.45, 2.75) is 20.8 Å². The lowest BCUT2D eigenvalue weighted by atomic mass is 9.91. The molecule has 228 valence electrons. The summed E-state index contributed by atoms with van der Waals surface area (Å²) in [4.78, 5) is 0. The molecule has 0 saturated carbocycles. The number of fused-ring (bicyclic) bond motifs is 9. The lowest BCUT2D eigenvalue weighted by molar-refractivity contribution is 0.666. The van der Waals surface area contributed by atoms with Gasteiger partial charge < -0.3 is 4.42 Å². The second-order valence-electron chi connectivity index (χ2n) is 13.0. The second kappa shape index (κ2) is 10.4. The Balaban J connectivity index is 1.17. The van der Waals surface area contributed by atoms with Gasteiger partial charge in [-0.15, -0.1) is 22.7 Å². The third kappa shape index (κ3) is 4.01. The Morgan fingerprint density at radius 1 is 0.438 bits per heavy atom. The molecule has 0 atom stereocenters. The SMILES string of the molecule is Cc1cc(-c2ccc(C)c3oc4ccccc4c23)c2sc3cccc(-c4ccc(-c5cccc6c5sc5ccccc56)cc4C)c3c2c1. The van der Waals surface area contributed by atoms with Crippen LogP contribution >= 0.6 is 22.7 Å². The van der Waals surface area contributed by atoms with Crippen LogP contribution in [0.25, 0.3) is 95.7 Å². The Kier molecular flexibility index (Phi) is 6.03. The Morgan fingerprint density at radius 3 is 2.02 bits per heavy atom. The summed E-state index contributed by atoms with van der Waals surface area (Å²) < 4.78 is 11.8. The molecule has 1 nitrogen and oxygen atoms in total. The first-order valence-corrected chi connectivity index (χ1v) is 18.1. The third-order valence-corrected chi connectivity index (χ3v) is 12.4. The third-order valence-electron chi connectivity index (χ3n) is 9.99. The molecular weight excluding hydrogens is 621 g/mol. The van der Waals surface area contributed by atoms with Gasteiger partial charge in [0.1, 0.15) is 11.2 Å². The molecule has 3 aromatic heterocycles. The van der Waals surface area contributed by atoms with Crippen molar-refractivity contribution < 1.29 is 4.42 Å². The fraction of sp³-hybridized carbons (Fsp3) is 0.0667. The van der Waals surface area contributed by atoms with E-state index in [4.69, 9.17) is 4.42 Å². The van der Waals surface area contributed by atoms with Gasteiger partial charge in [-0.2, -0.15) is 0 Å². The minimum absolute atomic E-state index is 0.938. The van der Waals surface area contributed by atoms with Crippen LogP contribution in [-0.4, -0.2) is 0 Å². The first-order valence-electron chi connectivity index (χ1n) is 16.4. The predicted molar refractivity (Wildman–Crippen MR) is 210 cm³/mol. The van der Waals surface area contributed by atoms with E-state index in [1.54, 1.807) is 0 Å². The van der Waals surface area contributed by atoms with Crippen LogP contribution in [0.1, 0.15) is 16.7 Å². The molecule has 3 heterocycles. The average Bonchev–Trinajstić information content (AvgIpc) is 3.80. The van der Waals surface area contributed by atoms with Gasteiger partial charge in [0.05, 0.1) is 0 Å². The van der Waals surface area contributed by atoms with Crippen LogP contribution in [0.2, 0.25) is 0 Å². The number of benzene rings is 7. The maximum Gasteiger partial charge on any atom is 0.138 e. The van der Waals surface area contributed by atoms with Crippen molar-refractivity contribution in [2.75, 3.05) is 0 Å². The smallest absolute Gasteiger partial charge is 0.138 e. The van der Waals surface area contributed by atoms with Crippen LogP contribution in [0.15, 0.2) is 132 Å². The number of furan rings is 1. The fourth-order valence-electron chi connectivity index (χ4n) is 7.79. The van der Waals surface area contributed by atoms with Gasteiger partial charge >= 0.3 is 0 Å². The van der Waals surface area contributed by atoms with Gasteiger partial charge in [0.2, 0.25) is 0 Å². The monoisotopic (exact) mass is 650 g/mol. The van der Waals surface area contributed by atoms with E-state index in [1.807, 2.05) is 22.7 Å². The van der Waals surface area contributed by atoms with E-state index >= 15 is 0 Å².